The van der Waals surface area contributed by atoms with Gasteiger partial charge < -0.3 is 5.11 Å². The lowest BCUT2D eigenvalue weighted by Gasteiger charge is -2.25. The van der Waals surface area contributed by atoms with E-state index in [-0.39, 0.29) is 0 Å². The molecule has 0 radical (unpaired) electrons. The Balaban J connectivity index is 2.91. The van der Waals surface area contributed by atoms with Gasteiger partial charge in [-0.1, -0.05) is 18.2 Å². The number of allylic oxidation sites excluding steroid dienone is 2. The van der Waals surface area contributed by atoms with Crippen molar-refractivity contribution in [1.82, 2.24) is 0 Å². The molecule has 0 aromatic carbocycles. The molecule has 0 aromatic rings. The van der Waals surface area contributed by atoms with Gasteiger partial charge in [-0.2, -0.15) is 0 Å². The summed E-state index contributed by atoms with van der Waals surface area (Å²) in [7, 11) is -3.09. The third-order valence-electron chi connectivity index (χ3n) is 2.19. The van der Waals surface area contributed by atoms with Crippen molar-refractivity contribution in [3.05, 3.63) is 23.8 Å². The molecule has 0 aromatic heterocycles. The Morgan fingerprint density at radius 1 is 1.57 bits per heavy atom. The van der Waals surface area contributed by atoms with Gasteiger partial charge in [0.15, 0.2) is 0 Å². The largest absolute Gasteiger partial charge is 0.386 e. The Hall–Kier alpha value is 0.120. The van der Waals surface area contributed by atoms with E-state index < -0.39 is 17.9 Å². The van der Waals surface area contributed by atoms with Gasteiger partial charge in [0, 0.05) is 0 Å². The zero-order valence-corrected chi connectivity index (χ0v) is 11.0. The predicted octanol–water partition coefficient (Wildman–Crippen LogP) is 1.78. The van der Waals surface area contributed by atoms with Crippen LogP contribution < -0.4 is 0 Å². The summed E-state index contributed by atoms with van der Waals surface area (Å²) in [5, 5.41) is 9.22. The molecule has 0 saturated carbocycles. The second-order valence-corrected chi connectivity index (χ2v) is 9.09. The lowest BCUT2D eigenvalue weighted by molar-refractivity contribution is 0.116. The summed E-state index contributed by atoms with van der Waals surface area (Å²) in [6.45, 7) is 3.32. The number of aliphatic hydroxyl groups is 1. The molecule has 14 heavy (non-hydrogen) atoms. The van der Waals surface area contributed by atoms with Crippen LogP contribution in [0.3, 0.4) is 0 Å². The zero-order valence-electron chi connectivity index (χ0n) is 8.07. The van der Waals surface area contributed by atoms with Gasteiger partial charge in [0.05, 0.1) is 32.1 Å². The molecule has 0 aliphatic heterocycles. The van der Waals surface area contributed by atoms with Crippen LogP contribution in [0.5, 0.6) is 0 Å². The molecule has 0 amide bonds. The fourth-order valence-corrected chi connectivity index (χ4v) is 3.00. The molecule has 0 heterocycles. The maximum Gasteiger partial charge on any atom is 0.209 e. The molecule has 1 unspecified atom stereocenters. The molecule has 5 heteroatoms. The molecule has 0 fully saturated rings. The first kappa shape index (κ1) is 12.2. The van der Waals surface area contributed by atoms with Crippen molar-refractivity contribution in [3.63, 3.8) is 0 Å². The van der Waals surface area contributed by atoms with Gasteiger partial charge in [0.1, 0.15) is 0 Å². The molecule has 0 spiro atoms. The van der Waals surface area contributed by atoms with E-state index in [2.05, 4.69) is 0 Å². The van der Waals surface area contributed by atoms with Gasteiger partial charge in [-0.3, -0.25) is 0 Å². The third-order valence-corrected chi connectivity index (χ3v) is 5.20. The van der Waals surface area contributed by atoms with E-state index in [0.717, 1.165) is 5.57 Å². The molecule has 1 rings (SSSR count). The van der Waals surface area contributed by atoms with Crippen LogP contribution in [0, 0.1) is 0 Å². The van der Waals surface area contributed by atoms with Gasteiger partial charge in [0.2, 0.25) is 7.01 Å². The number of halogens is 1. The summed E-state index contributed by atoms with van der Waals surface area (Å²) < 4.78 is 22.6. The summed E-state index contributed by atoms with van der Waals surface area (Å²) in [5.41, 5.74) is -0.185. The third kappa shape index (κ3) is 3.06. The van der Waals surface area contributed by atoms with Gasteiger partial charge in [-0.15, -0.1) is 0 Å². The van der Waals surface area contributed by atoms with Crippen molar-refractivity contribution >= 4 is 28.2 Å². The van der Waals surface area contributed by atoms with Crippen LogP contribution >= 0.6 is 21.2 Å². The summed E-state index contributed by atoms with van der Waals surface area (Å²) in [4.78, 5) is 0. The second kappa shape index (κ2) is 3.94. The van der Waals surface area contributed by atoms with E-state index >= 15 is 0 Å². The van der Waals surface area contributed by atoms with Crippen LogP contribution in [0.1, 0.15) is 20.3 Å². The Bertz CT molecular complexity index is 373. The summed E-state index contributed by atoms with van der Waals surface area (Å²) in [5.74, 6) is 0. The summed E-state index contributed by atoms with van der Waals surface area (Å²) in [6, 6.07) is 0. The smallest absolute Gasteiger partial charge is 0.209 e. The Labute approximate surface area is 96.4 Å². The molecule has 0 saturated heterocycles. The lowest BCUT2D eigenvalue weighted by Crippen LogP contribution is -2.27. The quantitative estimate of drug-likeness (QED) is 0.621. The van der Waals surface area contributed by atoms with Crippen molar-refractivity contribution in [1.29, 1.82) is 0 Å². The van der Waals surface area contributed by atoms with Crippen LogP contribution in [0.4, 0.5) is 0 Å². The van der Waals surface area contributed by atoms with E-state index in [1.807, 2.05) is 0 Å². The average Bonchev–Trinajstić information content (AvgIpc) is 2.01. The topological polar surface area (TPSA) is 54.4 Å². The van der Waals surface area contributed by atoms with Gasteiger partial charge >= 0.3 is 0 Å². The molecule has 0 bridgehead atoms. The second-order valence-electron chi connectivity index (χ2n) is 3.85. The van der Waals surface area contributed by atoms with E-state index in [4.69, 9.17) is 0 Å². The van der Waals surface area contributed by atoms with E-state index in [9.17, 15) is 13.5 Å². The minimum absolute atomic E-state index is 0.380. The summed E-state index contributed by atoms with van der Waals surface area (Å²) >= 11 is 1.45. The van der Waals surface area contributed by atoms with Crippen LogP contribution in [-0.4, -0.2) is 24.4 Å². The molecule has 3 nitrogen and oxygen atoms in total. The minimum Gasteiger partial charge on any atom is -0.386 e. The molecular weight excluding hydrogens is 315 g/mol. The molecule has 1 aliphatic carbocycles. The first-order valence-electron chi connectivity index (χ1n) is 4.25. The molecular formula is C9H13IO3S. The summed E-state index contributed by atoms with van der Waals surface area (Å²) in [6.07, 6.45) is 5.50. The molecule has 80 valence electrons. The number of hydrogen-bond acceptors (Lipinski definition) is 3. The number of hydrogen-bond donors (Lipinski definition) is 1. The van der Waals surface area contributed by atoms with Crippen molar-refractivity contribution in [2.45, 2.75) is 31.1 Å². The highest BCUT2D eigenvalue weighted by Gasteiger charge is 2.28. The SMILES string of the molecule is CC(C)(O)C1=CC=CC(S(=O)(=O)I)C1. The maximum atomic E-state index is 11.3. The van der Waals surface area contributed by atoms with Crippen LogP contribution in [0.2, 0.25) is 0 Å². The highest BCUT2D eigenvalue weighted by atomic mass is 127. The van der Waals surface area contributed by atoms with Crippen molar-refractivity contribution in [3.8, 4) is 0 Å². The van der Waals surface area contributed by atoms with E-state index in [1.165, 1.54) is 21.2 Å². The van der Waals surface area contributed by atoms with Gasteiger partial charge in [0.25, 0.3) is 0 Å². The van der Waals surface area contributed by atoms with Crippen LogP contribution in [0.25, 0.3) is 0 Å². The normalized spacial score (nSPS) is 23.4. The van der Waals surface area contributed by atoms with E-state index in [1.54, 1.807) is 32.1 Å². The first-order valence-corrected chi connectivity index (χ1v) is 8.34. The maximum absolute atomic E-state index is 11.3. The Morgan fingerprint density at radius 3 is 2.57 bits per heavy atom. The van der Waals surface area contributed by atoms with Crippen LogP contribution in [0.15, 0.2) is 23.8 Å². The zero-order chi connectivity index (χ0) is 11.0. The molecule has 1 N–H and O–H groups in total. The van der Waals surface area contributed by atoms with Crippen molar-refractivity contribution < 1.29 is 13.5 Å². The van der Waals surface area contributed by atoms with E-state index in [0.29, 0.717) is 6.42 Å². The monoisotopic (exact) mass is 328 g/mol. The number of rotatable bonds is 2. The Morgan fingerprint density at radius 2 is 2.14 bits per heavy atom. The van der Waals surface area contributed by atoms with Crippen molar-refractivity contribution in [2.75, 3.05) is 0 Å². The first-order chi connectivity index (χ1) is 6.21. The minimum atomic E-state index is -3.09. The Kier molecular flexibility index (Phi) is 3.43. The highest BCUT2D eigenvalue weighted by molar-refractivity contribution is 14.2. The lowest BCUT2D eigenvalue weighted by atomic mass is 9.91. The fraction of sp³-hybridized carbons (Fsp3) is 0.556. The standard InChI is InChI=1S/C9H13IO3S/c1-9(2,11)7-4-3-5-8(6-7)14(10,12)13/h3-5,8,11H,6H2,1-2H3. The predicted molar refractivity (Wildman–Crippen MR) is 64.9 cm³/mol. The van der Waals surface area contributed by atoms with Crippen molar-refractivity contribution in [2.24, 2.45) is 0 Å². The fourth-order valence-electron chi connectivity index (χ4n) is 1.30. The van der Waals surface area contributed by atoms with Gasteiger partial charge in [-0.05, 0) is 25.8 Å². The molecule has 1 aliphatic rings. The molecule has 1 atom stereocenters. The van der Waals surface area contributed by atoms with Crippen LogP contribution in [-0.2, 0) is 7.01 Å². The average molecular weight is 328 g/mol. The van der Waals surface area contributed by atoms with Gasteiger partial charge in [-0.25, -0.2) is 8.42 Å². The highest BCUT2D eigenvalue weighted by Crippen LogP contribution is 2.29.